The number of esters is 1. The van der Waals surface area contributed by atoms with Crippen LogP contribution in [-0.2, 0) is 9.53 Å². The average molecular weight is 343 g/mol. The number of ether oxygens (including phenoxy) is 3. The standard InChI is InChI=1S/C19H21NO5/c1-3-23-15-11-9-14(10-12-15)20-18(21)13-25-17-8-6-5-7-16(17)19(22)24-4-2/h5-12H,3-4,13H2,1-2H3,(H,20,21). The van der Waals surface area contributed by atoms with Gasteiger partial charge in [-0.3, -0.25) is 4.79 Å². The third-order valence-corrected chi connectivity index (χ3v) is 3.19. The van der Waals surface area contributed by atoms with E-state index in [1.54, 1.807) is 55.5 Å². The SMILES string of the molecule is CCOC(=O)c1ccccc1OCC(=O)Nc1ccc(OCC)cc1. The second kappa shape index (κ2) is 9.32. The van der Waals surface area contributed by atoms with Crippen molar-refractivity contribution in [2.45, 2.75) is 13.8 Å². The van der Waals surface area contributed by atoms with Crippen molar-refractivity contribution in [1.29, 1.82) is 0 Å². The van der Waals surface area contributed by atoms with Gasteiger partial charge in [-0.15, -0.1) is 0 Å². The van der Waals surface area contributed by atoms with Crippen LogP contribution >= 0.6 is 0 Å². The first-order chi connectivity index (χ1) is 12.1. The van der Waals surface area contributed by atoms with E-state index < -0.39 is 5.97 Å². The van der Waals surface area contributed by atoms with Crippen LogP contribution in [0.5, 0.6) is 11.5 Å². The van der Waals surface area contributed by atoms with Gasteiger partial charge in [0.25, 0.3) is 5.91 Å². The fraction of sp³-hybridized carbons (Fsp3) is 0.263. The highest BCUT2D eigenvalue weighted by atomic mass is 16.5. The molecule has 0 fully saturated rings. The van der Waals surface area contributed by atoms with Crippen LogP contribution < -0.4 is 14.8 Å². The molecule has 0 aliphatic carbocycles. The van der Waals surface area contributed by atoms with E-state index in [1.165, 1.54) is 0 Å². The molecule has 0 radical (unpaired) electrons. The maximum atomic E-state index is 12.0. The molecule has 1 amide bonds. The molecule has 0 heterocycles. The number of hydrogen-bond donors (Lipinski definition) is 1. The molecule has 0 bridgehead atoms. The van der Waals surface area contributed by atoms with E-state index in [0.29, 0.717) is 23.6 Å². The number of nitrogens with one attached hydrogen (secondary N) is 1. The average Bonchev–Trinajstić information content (AvgIpc) is 2.62. The first-order valence-electron chi connectivity index (χ1n) is 8.05. The molecule has 0 spiro atoms. The van der Waals surface area contributed by atoms with Gasteiger partial charge in [-0.2, -0.15) is 0 Å². The third kappa shape index (κ3) is 5.53. The third-order valence-electron chi connectivity index (χ3n) is 3.19. The zero-order valence-corrected chi connectivity index (χ0v) is 14.3. The van der Waals surface area contributed by atoms with Crippen LogP contribution in [0.2, 0.25) is 0 Å². The minimum atomic E-state index is -0.481. The highest BCUT2D eigenvalue weighted by molar-refractivity contribution is 5.94. The van der Waals surface area contributed by atoms with Gasteiger partial charge in [0, 0.05) is 5.69 Å². The molecule has 6 heteroatoms. The van der Waals surface area contributed by atoms with Crippen molar-refractivity contribution in [3.8, 4) is 11.5 Å². The second-order valence-corrected chi connectivity index (χ2v) is 5.01. The van der Waals surface area contributed by atoms with E-state index in [4.69, 9.17) is 14.2 Å². The zero-order valence-electron chi connectivity index (χ0n) is 14.3. The van der Waals surface area contributed by atoms with Gasteiger partial charge in [0.15, 0.2) is 6.61 Å². The first-order valence-corrected chi connectivity index (χ1v) is 8.05. The number of amides is 1. The summed E-state index contributed by atoms with van der Waals surface area (Å²) < 4.78 is 15.8. The Kier molecular flexibility index (Phi) is 6.83. The first kappa shape index (κ1) is 18.3. The van der Waals surface area contributed by atoms with Crippen molar-refractivity contribution >= 4 is 17.6 Å². The van der Waals surface area contributed by atoms with E-state index in [0.717, 1.165) is 5.75 Å². The Morgan fingerprint density at radius 2 is 1.64 bits per heavy atom. The van der Waals surface area contributed by atoms with E-state index in [9.17, 15) is 9.59 Å². The second-order valence-electron chi connectivity index (χ2n) is 5.01. The minimum Gasteiger partial charge on any atom is -0.494 e. The van der Waals surface area contributed by atoms with E-state index in [2.05, 4.69) is 5.32 Å². The summed E-state index contributed by atoms with van der Waals surface area (Å²) in [6, 6.07) is 13.7. The topological polar surface area (TPSA) is 73.9 Å². The summed E-state index contributed by atoms with van der Waals surface area (Å²) in [6.07, 6.45) is 0. The van der Waals surface area contributed by atoms with Crippen LogP contribution in [0.4, 0.5) is 5.69 Å². The molecule has 0 aliphatic rings. The number of anilines is 1. The molecule has 0 aromatic heterocycles. The van der Waals surface area contributed by atoms with Crippen molar-refractivity contribution in [3.63, 3.8) is 0 Å². The molecule has 132 valence electrons. The molecule has 2 aromatic carbocycles. The molecule has 0 unspecified atom stereocenters. The lowest BCUT2D eigenvalue weighted by Crippen LogP contribution is -2.21. The summed E-state index contributed by atoms with van der Waals surface area (Å²) in [4.78, 5) is 23.9. The molecule has 0 saturated carbocycles. The fourth-order valence-electron chi connectivity index (χ4n) is 2.11. The minimum absolute atomic E-state index is 0.219. The van der Waals surface area contributed by atoms with Gasteiger partial charge in [-0.1, -0.05) is 12.1 Å². The van der Waals surface area contributed by atoms with Crippen LogP contribution in [-0.4, -0.2) is 31.7 Å². The molecular weight excluding hydrogens is 322 g/mol. The van der Waals surface area contributed by atoms with Crippen molar-refractivity contribution in [1.82, 2.24) is 0 Å². The smallest absolute Gasteiger partial charge is 0.341 e. The van der Waals surface area contributed by atoms with Crippen molar-refractivity contribution < 1.29 is 23.8 Å². The van der Waals surface area contributed by atoms with Gasteiger partial charge >= 0.3 is 5.97 Å². The number of hydrogen-bond acceptors (Lipinski definition) is 5. The van der Waals surface area contributed by atoms with Gasteiger partial charge in [-0.05, 0) is 50.2 Å². The van der Waals surface area contributed by atoms with Crippen molar-refractivity contribution in [3.05, 3.63) is 54.1 Å². The maximum Gasteiger partial charge on any atom is 0.341 e. The van der Waals surface area contributed by atoms with Gasteiger partial charge in [0.2, 0.25) is 0 Å². The normalized spacial score (nSPS) is 10.0. The highest BCUT2D eigenvalue weighted by Crippen LogP contribution is 2.19. The summed E-state index contributed by atoms with van der Waals surface area (Å²) >= 11 is 0. The molecule has 0 saturated heterocycles. The number of rotatable bonds is 8. The Morgan fingerprint density at radius 1 is 0.920 bits per heavy atom. The Labute approximate surface area is 146 Å². The molecule has 1 N–H and O–H groups in total. The molecule has 25 heavy (non-hydrogen) atoms. The lowest BCUT2D eigenvalue weighted by atomic mass is 10.2. The highest BCUT2D eigenvalue weighted by Gasteiger charge is 2.14. The number of para-hydroxylation sites is 1. The monoisotopic (exact) mass is 343 g/mol. The van der Waals surface area contributed by atoms with E-state index in [1.807, 2.05) is 6.92 Å². The quantitative estimate of drug-likeness (QED) is 0.745. The maximum absolute atomic E-state index is 12.0. The van der Waals surface area contributed by atoms with Crippen LogP contribution in [0.1, 0.15) is 24.2 Å². The summed E-state index contributed by atoms with van der Waals surface area (Å²) in [5.41, 5.74) is 0.925. The molecule has 2 aromatic rings. The Morgan fingerprint density at radius 3 is 2.32 bits per heavy atom. The fourth-order valence-corrected chi connectivity index (χ4v) is 2.11. The Hall–Kier alpha value is -3.02. The summed E-state index contributed by atoms with van der Waals surface area (Å²) in [5.74, 6) is 0.232. The van der Waals surface area contributed by atoms with Gasteiger partial charge < -0.3 is 19.5 Å². The summed E-state index contributed by atoms with van der Waals surface area (Å²) in [6.45, 7) is 4.27. The number of carbonyl (C=O) groups excluding carboxylic acids is 2. The largest absolute Gasteiger partial charge is 0.494 e. The molecule has 6 nitrogen and oxygen atoms in total. The van der Waals surface area contributed by atoms with Crippen molar-refractivity contribution in [2.75, 3.05) is 25.1 Å². The Balaban J connectivity index is 1.93. The predicted octanol–water partition coefficient (Wildman–Crippen LogP) is 3.28. The van der Waals surface area contributed by atoms with E-state index >= 15 is 0 Å². The lowest BCUT2D eigenvalue weighted by molar-refractivity contribution is -0.118. The predicted molar refractivity (Wildman–Crippen MR) is 94.1 cm³/mol. The molecular formula is C19H21NO5. The molecule has 2 rings (SSSR count). The van der Waals surface area contributed by atoms with E-state index in [-0.39, 0.29) is 19.1 Å². The van der Waals surface area contributed by atoms with Crippen LogP contribution in [0, 0.1) is 0 Å². The van der Waals surface area contributed by atoms with Gasteiger partial charge in [0.05, 0.1) is 13.2 Å². The van der Waals surface area contributed by atoms with Gasteiger partial charge in [-0.25, -0.2) is 4.79 Å². The summed E-state index contributed by atoms with van der Waals surface area (Å²) in [7, 11) is 0. The number of benzene rings is 2. The molecule has 0 aliphatic heterocycles. The summed E-state index contributed by atoms with van der Waals surface area (Å²) in [5, 5.41) is 2.72. The van der Waals surface area contributed by atoms with Gasteiger partial charge in [0.1, 0.15) is 17.1 Å². The molecule has 0 atom stereocenters. The van der Waals surface area contributed by atoms with Crippen LogP contribution in [0.15, 0.2) is 48.5 Å². The van der Waals surface area contributed by atoms with Crippen molar-refractivity contribution in [2.24, 2.45) is 0 Å². The zero-order chi connectivity index (χ0) is 18.1. The van der Waals surface area contributed by atoms with Crippen LogP contribution in [0.25, 0.3) is 0 Å². The Bertz CT molecular complexity index is 712. The van der Waals surface area contributed by atoms with Crippen LogP contribution in [0.3, 0.4) is 0 Å². The number of carbonyl (C=O) groups is 2. The lowest BCUT2D eigenvalue weighted by Gasteiger charge is -2.11.